The van der Waals surface area contributed by atoms with Crippen LogP contribution in [-0.2, 0) is 23.8 Å². The fraction of sp³-hybridized carbons (Fsp3) is 0.500. The molecule has 0 saturated carbocycles. The summed E-state index contributed by atoms with van der Waals surface area (Å²) in [7, 11) is 0. The Hall–Kier alpha value is -1.78. The van der Waals surface area contributed by atoms with Gasteiger partial charge in [-0.15, -0.1) is 0 Å². The molecular formula is C18H23F3O2. The Balaban J connectivity index is 2.82. The van der Waals surface area contributed by atoms with Crippen molar-refractivity contribution in [2.45, 2.75) is 52.1 Å². The fourth-order valence-corrected chi connectivity index (χ4v) is 2.55. The van der Waals surface area contributed by atoms with E-state index in [-0.39, 0.29) is 0 Å². The van der Waals surface area contributed by atoms with Gasteiger partial charge in [-0.05, 0) is 55.4 Å². The van der Waals surface area contributed by atoms with Gasteiger partial charge in [-0.25, -0.2) is 0 Å². The molecule has 1 rings (SSSR count). The third-order valence-electron chi connectivity index (χ3n) is 4.04. The first kappa shape index (κ1) is 19.3. The molecule has 0 radical (unpaired) electrons. The van der Waals surface area contributed by atoms with Gasteiger partial charge in [-0.3, -0.25) is 4.79 Å². The summed E-state index contributed by atoms with van der Waals surface area (Å²) >= 11 is 0. The van der Waals surface area contributed by atoms with Crippen LogP contribution < -0.4 is 0 Å². The number of aliphatic carboxylic acids is 1. The number of halogens is 3. The van der Waals surface area contributed by atoms with Crippen LogP contribution in [0.15, 0.2) is 30.4 Å². The second-order valence-electron chi connectivity index (χ2n) is 5.74. The molecule has 0 aliphatic heterocycles. The molecule has 1 aromatic rings. The van der Waals surface area contributed by atoms with E-state index in [9.17, 15) is 18.0 Å². The highest BCUT2D eigenvalue weighted by Gasteiger charge is 2.30. The zero-order valence-electron chi connectivity index (χ0n) is 13.5. The second-order valence-corrected chi connectivity index (χ2v) is 5.74. The number of carboxylic acids is 1. The van der Waals surface area contributed by atoms with Crippen LogP contribution in [0, 0.1) is 5.92 Å². The van der Waals surface area contributed by atoms with E-state index in [1.165, 1.54) is 12.1 Å². The van der Waals surface area contributed by atoms with E-state index in [0.29, 0.717) is 37.7 Å². The van der Waals surface area contributed by atoms with Crippen molar-refractivity contribution >= 4 is 5.97 Å². The summed E-state index contributed by atoms with van der Waals surface area (Å²) in [5.74, 6) is -1.27. The summed E-state index contributed by atoms with van der Waals surface area (Å²) in [5, 5.41) is 9.03. The smallest absolute Gasteiger partial charge is 0.416 e. The quantitative estimate of drug-likeness (QED) is 0.661. The van der Waals surface area contributed by atoms with Crippen LogP contribution in [0.2, 0.25) is 0 Å². The van der Waals surface area contributed by atoms with Gasteiger partial charge in [0.25, 0.3) is 0 Å². The molecule has 2 nitrogen and oxygen atoms in total. The molecule has 23 heavy (non-hydrogen) atoms. The molecule has 1 N–H and O–H groups in total. The minimum Gasteiger partial charge on any atom is -0.481 e. The van der Waals surface area contributed by atoms with E-state index >= 15 is 0 Å². The molecule has 5 heteroatoms. The molecule has 0 aromatic heterocycles. The largest absolute Gasteiger partial charge is 0.481 e. The van der Waals surface area contributed by atoms with Gasteiger partial charge in [0.15, 0.2) is 0 Å². The molecule has 1 aromatic carbocycles. The number of carboxylic acid groups (broad SMARTS) is 1. The topological polar surface area (TPSA) is 37.3 Å². The van der Waals surface area contributed by atoms with E-state index in [4.69, 9.17) is 5.11 Å². The number of aryl methyl sites for hydroxylation is 1. The van der Waals surface area contributed by atoms with E-state index in [2.05, 4.69) is 6.58 Å². The molecule has 0 spiro atoms. The summed E-state index contributed by atoms with van der Waals surface area (Å²) in [6, 6.07) is 3.79. The molecule has 0 fully saturated rings. The van der Waals surface area contributed by atoms with Crippen LogP contribution in [-0.4, -0.2) is 11.1 Å². The van der Waals surface area contributed by atoms with Gasteiger partial charge in [0.05, 0.1) is 11.5 Å². The van der Waals surface area contributed by atoms with Crippen molar-refractivity contribution in [1.82, 2.24) is 0 Å². The predicted molar refractivity (Wildman–Crippen MR) is 84.3 cm³/mol. The zero-order valence-corrected chi connectivity index (χ0v) is 13.5. The molecule has 128 valence electrons. The molecule has 1 unspecified atom stereocenters. The molecule has 0 heterocycles. The molecule has 0 bridgehead atoms. The lowest BCUT2D eigenvalue weighted by Gasteiger charge is -2.15. The number of hydrogen-bond donors (Lipinski definition) is 1. The lowest BCUT2D eigenvalue weighted by atomic mass is 9.92. The number of alkyl halides is 3. The van der Waals surface area contributed by atoms with Gasteiger partial charge in [0.1, 0.15) is 0 Å². The Kier molecular flexibility index (Phi) is 6.85. The first-order chi connectivity index (χ1) is 10.7. The normalized spacial score (nSPS) is 12.9. The van der Waals surface area contributed by atoms with Crippen LogP contribution >= 0.6 is 0 Å². The van der Waals surface area contributed by atoms with E-state index in [1.807, 2.05) is 13.8 Å². The number of rotatable bonds is 8. The molecule has 0 aliphatic carbocycles. The summed E-state index contributed by atoms with van der Waals surface area (Å²) in [4.78, 5) is 11.0. The maximum atomic E-state index is 12.8. The summed E-state index contributed by atoms with van der Waals surface area (Å²) in [6.45, 7) is 7.61. The average molecular weight is 328 g/mol. The van der Waals surface area contributed by atoms with Gasteiger partial charge in [-0.2, -0.15) is 13.2 Å². The first-order valence-corrected chi connectivity index (χ1v) is 7.77. The lowest BCUT2D eigenvalue weighted by molar-refractivity contribution is -0.142. The Bertz CT molecular complexity index is 562. The Morgan fingerprint density at radius 1 is 1.26 bits per heavy atom. The van der Waals surface area contributed by atoms with Gasteiger partial charge < -0.3 is 5.11 Å². The van der Waals surface area contributed by atoms with Crippen LogP contribution in [0.4, 0.5) is 13.2 Å². The van der Waals surface area contributed by atoms with Crippen LogP contribution in [0.5, 0.6) is 0 Å². The van der Waals surface area contributed by atoms with Crippen LogP contribution in [0.1, 0.15) is 49.8 Å². The molecule has 0 saturated heterocycles. The van der Waals surface area contributed by atoms with Crippen molar-refractivity contribution in [3.63, 3.8) is 0 Å². The van der Waals surface area contributed by atoms with E-state index < -0.39 is 23.6 Å². The minimum atomic E-state index is -4.36. The number of benzene rings is 1. The van der Waals surface area contributed by atoms with E-state index in [0.717, 1.165) is 17.2 Å². The predicted octanol–water partition coefficient (Wildman–Crippen LogP) is 5.26. The van der Waals surface area contributed by atoms with Gasteiger partial charge in [0, 0.05) is 0 Å². The van der Waals surface area contributed by atoms with Gasteiger partial charge in [0.2, 0.25) is 0 Å². The number of carbonyl (C=O) groups is 1. The third kappa shape index (κ3) is 5.73. The Morgan fingerprint density at radius 3 is 2.39 bits per heavy atom. The van der Waals surface area contributed by atoms with Crippen molar-refractivity contribution < 1.29 is 23.1 Å². The molecule has 0 amide bonds. The highest BCUT2D eigenvalue weighted by molar-refractivity contribution is 5.69. The SMILES string of the molecule is C=C(CCC(CC)C(=O)O)Cc1cc(C(F)(F)F)ccc1CC. The monoisotopic (exact) mass is 328 g/mol. The summed E-state index contributed by atoms with van der Waals surface area (Å²) in [5.41, 5.74) is 1.59. The second kappa shape index (κ2) is 8.18. The van der Waals surface area contributed by atoms with Crippen molar-refractivity contribution in [3.8, 4) is 0 Å². The molecule has 0 aliphatic rings. The fourth-order valence-electron chi connectivity index (χ4n) is 2.55. The van der Waals surface area contributed by atoms with Crippen molar-refractivity contribution in [2.24, 2.45) is 5.92 Å². The summed E-state index contributed by atoms with van der Waals surface area (Å²) < 4.78 is 38.5. The summed E-state index contributed by atoms with van der Waals surface area (Å²) in [6.07, 6.45) is -1.86. The average Bonchev–Trinajstić information content (AvgIpc) is 2.46. The van der Waals surface area contributed by atoms with Gasteiger partial charge >= 0.3 is 12.1 Å². The third-order valence-corrected chi connectivity index (χ3v) is 4.04. The maximum absolute atomic E-state index is 12.8. The molecule has 1 atom stereocenters. The zero-order chi connectivity index (χ0) is 17.6. The van der Waals surface area contributed by atoms with Crippen molar-refractivity contribution in [2.75, 3.05) is 0 Å². The number of allylic oxidation sites excluding steroid dienone is 1. The molecular weight excluding hydrogens is 305 g/mol. The highest BCUT2D eigenvalue weighted by Crippen LogP contribution is 2.31. The van der Waals surface area contributed by atoms with Crippen LogP contribution in [0.25, 0.3) is 0 Å². The Labute approximate surface area is 135 Å². The van der Waals surface area contributed by atoms with Crippen molar-refractivity contribution in [1.29, 1.82) is 0 Å². The standard InChI is InChI=1S/C18H23F3O2/c1-4-13-8-9-16(18(19,20)21)11-15(13)10-12(3)6-7-14(5-2)17(22)23/h8-9,11,14H,3-7,10H2,1-2H3,(H,22,23). The van der Waals surface area contributed by atoms with E-state index in [1.54, 1.807) is 0 Å². The van der Waals surface area contributed by atoms with Crippen molar-refractivity contribution in [3.05, 3.63) is 47.0 Å². The highest BCUT2D eigenvalue weighted by atomic mass is 19.4. The van der Waals surface area contributed by atoms with Crippen LogP contribution in [0.3, 0.4) is 0 Å². The maximum Gasteiger partial charge on any atom is 0.416 e. The minimum absolute atomic E-state index is 0.350. The lowest BCUT2D eigenvalue weighted by Crippen LogP contribution is -2.13. The first-order valence-electron chi connectivity index (χ1n) is 7.77. The Morgan fingerprint density at radius 2 is 1.91 bits per heavy atom. The number of hydrogen-bond acceptors (Lipinski definition) is 1. The van der Waals surface area contributed by atoms with Gasteiger partial charge in [-0.1, -0.05) is 32.1 Å².